The zero-order chi connectivity index (χ0) is 19.5. The Bertz CT molecular complexity index is 816. The lowest BCUT2D eigenvalue weighted by atomic mass is 10.2. The fourth-order valence-corrected chi connectivity index (χ4v) is 2.44. The number of carbonyl (C=O) groups is 2. The Balaban J connectivity index is 1.66. The minimum absolute atomic E-state index is 0.0656. The van der Waals surface area contributed by atoms with Gasteiger partial charge in [0.1, 0.15) is 12.2 Å². The van der Waals surface area contributed by atoms with Crippen LogP contribution in [-0.4, -0.2) is 18.4 Å². The Morgan fingerprint density at radius 2 is 1.81 bits per heavy atom. The van der Waals surface area contributed by atoms with Crippen LogP contribution in [-0.2, 0) is 16.1 Å². The highest BCUT2D eigenvalue weighted by molar-refractivity contribution is 6.32. The van der Waals surface area contributed by atoms with Gasteiger partial charge in [0.05, 0.1) is 17.7 Å². The van der Waals surface area contributed by atoms with E-state index in [0.29, 0.717) is 42.5 Å². The van der Waals surface area contributed by atoms with Crippen LogP contribution in [0.15, 0.2) is 48.5 Å². The summed E-state index contributed by atoms with van der Waals surface area (Å²) in [5.74, 6) is 0.197. The highest BCUT2D eigenvalue weighted by atomic mass is 35.5. The molecule has 6 nitrogen and oxygen atoms in total. The number of halogens is 1. The van der Waals surface area contributed by atoms with E-state index >= 15 is 0 Å². The molecule has 2 rings (SSSR count). The zero-order valence-electron chi connectivity index (χ0n) is 14.7. The number of hydrogen-bond acceptors (Lipinski definition) is 4. The molecule has 7 heteroatoms. The normalized spacial score (nSPS) is 9.93. The van der Waals surface area contributed by atoms with E-state index in [1.54, 1.807) is 30.3 Å². The van der Waals surface area contributed by atoms with Crippen LogP contribution in [0.3, 0.4) is 0 Å². The van der Waals surface area contributed by atoms with Gasteiger partial charge < -0.3 is 15.4 Å². The number of para-hydroxylation sites is 1. The minimum Gasteiger partial charge on any atom is -0.492 e. The van der Waals surface area contributed by atoms with Crippen LogP contribution in [0.4, 0.5) is 5.69 Å². The van der Waals surface area contributed by atoms with Gasteiger partial charge in [-0.2, -0.15) is 5.26 Å². The van der Waals surface area contributed by atoms with E-state index < -0.39 is 0 Å². The molecule has 0 spiro atoms. The number of nitriles is 1. The van der Waals surface area contributed by atoms with Crippen molar-refractivity contribution >= 4 is 29.1 Å². The number of nitrogens with zero attached hydrogens (tertiary/aromatic N) is 1. The van der Waals surface area contributed by atoms with E-state index in [4.69, 9.17) is 21.6 Å². The van der Waals surface area contributed by atoms with Crippen LogP contribution in [0.1, 0.15) is 24.8 Å². The molecule has 0 aliphatic rings. The maximum absolute atomic E-state index is 11.9. The van der Waals surface area contributed by atoms with Crippen LogP contribution in [0, 0.1) is 11.3 Å². The molecule has 0 aliphatic heterocycles. The highest BCUT2D eigenvalue weighted by Gasteiger charge is 2.05. The predicted molar refractivity (Wildman–Crippen MR) is 103 cm³/mol. The second-order valence-electron chi connectivity index (χ2n) is 5.74. The van der Waals surface area contributed by atoms with Gasteiger partial charge >= 0.3 is 0 Å². The molecule has 0 saturated carbocycles. The number of rotatable bonds is 9. The molecule has 27 heavy (non-hydrogen) atoms. The van der Waals surface area contributed by atoms with Crippen LogP contribution in [0.5, 0.6) is 5.75 Å². The fraction of sp³-hybridized carbons (Fsp3) is 0.250. The maximum Gasteiger partial charge on any atom is 0.238 e. The lowest BCUT2D eigenvalue weighted by molar-refractivity contribution is -0.121. The summed E-state index contributed by atoms with van der Waals surface area (Å²) in [7, 11) is 0. The van der Waals surface area contributed by atoms with Gasteiger partial charge in [-0.25, -0.2) is 0 Å². The summed E-state index contributed by atoms with van der Waals surface area (Å²) in [6.45, 7) is 0.810. The summed E-state index contributed by atoms with van der Waals surface area (Å²) in [4.78, 5) is 23.2. The first-order valence-electron chi connectivity index (χ1n) is 8.48. The lowest BCUT2D eigenvalue weighted by Gasteiger charge is -2.09. The van der Waals surface area contributed by atoms with Gasteiger partial charge in [-0.05, 0) is 36.2 Å². The molecule has 0 fully saturated rings. The number of nitrogens with one attached hydrogen (secondary N) is 2. The number of amides is 2. The maximum atomic E-state index is 11.9. The molecule has 0 aliphatic carbocycles. The van der Waals surface area contributed by atoms with Gasteiger partial charge in [-0.1, -0.05) is 35.9 Å². The zero-order valence-corrected chi connectivity index (χ0v) is 15.5. The van der Waals surface area contributed by atoms with Gasteiger partial charge in [-0.3, -0.25) is 9.59 Å². The smallest absolute Gasteiger partial charge is 0.238 e. The highest BCUT2D eigenvalue weighted by Crippen LogP contribution is 2.23. The van der Waals surface area contributed by atoms with Gasteiger partial charge in [0.25, 0.3) is 0 Å². The van der Waals surface area contributed by atoms with Gasteiger partial charge in [0, 0.05) is 18.7 Å². The molecule has 2 aromatic rings. The molecular weight excluding hydrogens is 366 g/mol. The third-order valence-corrected chi connectivity index (χ3v) is 3.92. The standard InChI is InChI=1S/C20H20ClN3O3/c21-17-4-1-2-5-18(17)27-13-3-6-19(25)23-14-15-7-9-16(10-8-15)24-20(26)11-12-22/h1-2,4-5,7-10H,3,6,11,13-14H2,(H,23,25)(H,24,26). The largest absolute Gasteiger partial charge is 0.492 e. The molecule has 2 amide bonds. The van der Waals surface area contributed by atoms with Gasteiger partial charge in [0.2, 0.25) is 11.8 Å². The van der Waals surface area contributed by atoms with Crippen molar-refractivity contribution in [2.75, 3.05) is 11.9 Å². The Morgan fingerprint density at radius 3 is 2.52 bits per heavy atom. The first-order valence-corrected chi connectivity index (χ1v) is 8.86. The molecular formula is C20H20ClN3O3. The van der Waals surface area contributed by atoms with E-state index in [9.17, 15) is 9.59 Å². The Kier molecular flexibility index (Phi) is 8.14. The predicted octanol–water partition coefficient (Wildman–Crippen LogP) is 3.67. The van der Waals surface area contributed by atoms with E-state index in [1.165, 1.54) is 0 Å². The molecule has 0 unspecified atom stereocenters. The summed E-state index contributed by atoms with van der Waals surface area (Å²) in [6, 6.07) is 16.1. The van der Waals surface area contributed by atoms with E-state index in [2.05, 4.69) is 10.6 Å². The molecule has 140 valence electrons. The molecule has 0 radical (unpaired) electrons. The number of benzene rings is 2. The van der Waals surface area contributed by atoms with E-state index in [0.717, 1.165) is 5.56 Å². The van der Waals surface area contributed by atoms with Crippen LogP contribution in [0.25, 0.3) is 0 Å². The second kappa shape index (κ2) is 10.8. The topological polar surface area (TPSA) is 91.2 Å². The number of anilines is 1. The van der Waals surface area contributed by atoms with E-state index in [-0.39, 0.29) is 18.2 Å². The van der Waals surface area contributed by atoms with Gasteiger partial charge in [-0.15, -0.1) is 0 Å². The Labute approximate surface area is 163 Å². The first kappa shape index (κ1) is 20.3. The SMILES string of the molecule is N#CCC(=O)Nc1ccc(CNC(=O)CCCOc2ccccc2Cl)cc1. The van der Waals surface area contributed by atoms with Gasteiger partial charge in [0.15, 0.2) is 0 Å². The summed E-state index contributed by atoms with van der Waals surface area (Å²) in [5.41, 5.74) is 1.52. The van der Waals surface area contributed by atoms with Crippen molar-refractivity contribution in [1.82, 2.24) is 5.32 Å². The average molecular weight is 386 g/mol. The summed E-state index contributed by atoms with van der Waals surface area (Å²) >= 11 is 6.00. The quantitative estimate of drug-likeness (QED) is 0.644. The molecule has 2 N–H and O–H groups in total. The number of ether oxygens (including phenoxy) is 1. The second-order valence-corrected chi connectivity index (χ2v) is 6.15. The third kappa shape index (κ3) is 7.38. The van der Waals surface area contributed by atoms with E-state index in [1.807, 2.05) is 24.3 Å². The van der Waals surface area contributed by atoms with Crippen molar-refractivity contribution in [1.29, 1.82) is 5.26 Å². The van der Waals surface area contributed by atoms with Crippen molar-refractivity contribution in [2.45, 2.75) is 25.8 Å². The van der Waals surface area contributed by atoms with Crippen LogP contribution < -0.4 is 15.4 Å². The Morgan fingerprint density at radius 1 is 1.07 bits per heavy atom. The first-order chi connectivity index (χ1) is 13.1. The number of hydrogen-bond donors (Lipinski definition) is 2. The van der Waals surface area contributed by atoms with Crippen molar-refractivity contribution in [3.8, 4) is 11.8 Å². The summed E-state index contributed by atoms with van der Waals surface area (Å²) in [6.07, 6.45) is 0.756. The van der Waals surface area contributed by atoms with Crippen molar-refractivity contribution < 1.29 is 14.3 Å². The van der Waals surface area contributed by atoms with Crippen molar-refractivity contribution in [3.05, 3.63) is 59.1 Å². The molecule has 0 atom stereocenters. The molecule has 2 aromatic carbocycles. The number of carbonyl (C=O) groups excluding carboxylic acids is 2. The summed E-state index contributed by atoms with van der Waals surface area (Å²) in [5, 5.41) is 14.5. The monoisotopic (exact) mass is 385 g/mol. The lowest BCUT2D eigenvalue weighted by Crippen LogP contribution is -2.23. The van der Waals surface area contributed by atoms with Crippen LogP contribution in [0.2, 0.25) is 5.02 Å². The summed E-state index contributed by atoms with van der Waals surface area (Å²) < 4.78 is 5.55. The Hall–Kier alpha value is -3.04. The molecule has 0 heterocycles. The third-order valence-electron chi connectivity index (χ3n) is 3.61. The van der Waals surface area contributed by atoms with Crippen molar-refractivity contribution in [2.24, 2.45) is 0 Å². The molecule has 0 bridgehead atoms. The minimum atomic E-state index is -0.349. The molecule has 0 saturated heterocycles. The van der Waals surface area contributed by atoms with Crippen molar-refractivity contribution in [3.63, 3.8) is 0 Å². The molecule has 0 aromatic heterocycles. The van der Waals surface area contributed by atoms with Crippen LogP contribution >= 0.6 is 11.6 Å². The fourth-order valence-electron chi connectivity index (χ4n) is 2.25. The average Bonchev–Trinajstić information content (AvgIpc) is 2.66.